The van der Waals surface area contributed by atoms with E-state index in [9.17, 15) is 9.59 Å². The molecule has 0 radical (unpaired) electrons. The van der Waals surface area contributed by atoms with E-state index in [2.05, 4.69) is 30.8 Å². The number of benzene rings is 3. The smallest absolute Gasteiger partial charge is 0.273 e. The molecule has 0 atom stereocenters. The van der Waals surface area contributed by atoms with Crippen molar-refractivity contribution < 1.29 is 0 Å². The van der Waals surface area contributed by atoms with Crippen LogP contribution in [0.2, 0.25) is 0 Å². The lowest BCUT2D eigenvalue weighted by atomic mass is 10.1. The summed E-state index contributed by atoms with van der Waals surface area (Å²) in [5.41, 5.74) is 3.23. The number of nitrogens with one attached hydrogen (secondary N) is 4. The maximum atomic E-state index is 12.7. The second-order valence-corrected chi connectivity index (χ2v) is 8.44. The molecule has 0 aliphatic rings. The summed E-state index contributed by atoms with van der Waals surface area (Å²) >= 11 is 0. The molecule has 0 bridgehead atoms. The van der Waals surface area contributed by atoms with Crippen LogP contribution in [0.25, 0.3) is 49.9 Å². The highest BCUT2D eigenvalue weighted by Crippen LogP contribution is 2.29. The normalized spacial score (nSPS) is 11.5. The molecule has 11 nitrogen and oxygen atoms in total. The zero-order chi connectivity index (χ0) is 24.9. The molecule has 178 valence electrons. The molecule has 11 heteroatoms. The molecule has 7 aromatic rings. The van der Waals surface area contributed by atoms with Crippen LogP contribution in [0.15, 0.2) is 88.5 Å². The molecular formula is C26H17N9O2. The molecular weight excluding hydrogens is 470 g/mol. The number of para-hydroxylation sites is 2. The number of hydrogen-bond acceptors (Lipinski definition) is 7. The van der Waals surface area contributed by atoms with Crippen LogP contribution in [0, 0.1) is 0 Å². The Morgan fingerprint density at radius 3 is 2.49 bits per heavy atom. The molecule has 4 heterocycles. The van der Waals surface area contributed by atoms with E-state index in [1.54, 1.807) is 6.07 Å². The van der Waals surface area contributed by atoms with Gasteiger partial charge in [0.15, 0.2) is 17.2 Å². The standard InChI is InChI=1S/C26H17N9O2/c36-21-13-20-22(34-35(21)15-6-2-1-3-7-15)25(32-31-20)29-24-16-8-4-5-9-18(16)27-23(28-24)14-10-11-19-17(12-14)26(37)33-30-19/h1-13,31H,(H2,30,33,37)(H,27,28,29,32). The van der Waals surface area contributed by atoms with Gasteiger partial charge in [-0.05, 0) is 42.5 Å². The maximum absolute atomic E-state index is 12.7. The molecule has 7 rings (SSSR count). The highest BCUT2D eigenvalue weighted by atomic mass is 16.1. The van der Waals surface area contributed by atoms with E-state index in [4.69, 9.17) is 9.97 Å². The van der Waals surface area contributed by atoms with Crippen molar-refractivity contribution in [2.45, 2.75) is 0 Å². The van der Waals surface area contributed by atoms with Gasteiger partial charge in [-0.25, -0.2) is 9.97 Å². The summed E-state index contributed by atoms with van der Waals surface area (Å²) in [5, 5.41) is 21.8. The zero-order valence-electron chi connectivity index (χ0n) is 19.1. The number of aromatic amines is 3. The third-order valence-corrected chi connectivity index (χ3v) is 6.12. The molecule has 4 aromatic heterocycles. The van der Waals surface area contributed by atoms with E-state index < -0.39 is 0 Å². The number of nitrogens with zero attached hydrogens (tertiary/aromatic N) is 5. The SMILES string of the molecule is O=c1[nH][nH]c2ccc(-c3nc(Nc4n[nH]c5cc(=O)n(-c6ccccc6)nc45)c4ccccc4n3)cc12. The number of hydrogen-bond donors (Lipinski definition) is 4. The fourth-order valence-corrected chi connectivity index (χ4v) is 4.31. The molecule has 0 spiro atoms. The highest BCUT2D eigenvalue weighted by Gasteiger charge is 2.16. The van der Waals surface area contributed by atoms with Gasteiger partial charge in [0.2, 0.25) is 0 Å². The third-order valence-electron chi connectivity index (χ3n) is 6.12. The van der Waals surface area contributed by atoms with Crippen LogP contribution >= 0.6 is 0 Å². The highest BCUT2D eigenvalue weighted by molar-refractivity contribution is 5.95. The Bertz CT molecular complexity index is 2070. The predicted molar refractivity (Wildman–Crippen MR) is 140 cm³/mol. The van der Waals surface area contributed by atoms with Crippen LogP contribution < -0.4 is 16.4 Å². The summed E-state index contributed by atoms with van der Waals surface area (Å²) in [5.74, 6) is 1.36. The summed E-state index contributed by atoms with van der Waals surface area (Å²) in [6, 6.07) is 23.6. The summed E-state index contributed by atoms with van der Waals surface area (Å²) < 4.78 is 1.33. The first kappa shape index (κ1) is 20.8. The lowest BCUT2D eigenvalue weighted by Crippen LogP contribution is -2.19. The van der Waals surface area contributed by atoms with Crippen LogP contribution in [0.5, 0.6) is 0 Å². The van der Waals surface area contributed by atoms with Gasteiger partial charge in [0.1, 0.15) is 5.82 Å². The second-order valence-electron chi connectivity index (χ2n) is 8.44. The van der Waals surface area contributed by atoms with Gasteiger partial charge in [-0.2, -0.15) is 14.9 Å². The molecule has 0 fully saturated rings. The number of anilines is 2. The molecule has 4 N–H and O–H groups in total. The van der Waals surface area contributed by atoms with Crippen LogP contribution in [-0.2, 0) is 0 Å². The Morgan fingerprint density at radius 1 is 0.757 bits per heavy atom. The van der Waals surface area contributed by atoms with Crippen molar-refractivity contribution >= 4 is 44.5 Å². The lowest BCUT2D eigenvalue weighted by Gasteiger charge is -2.10. The molecule has 0 amide bonds. The van der Waals surface area contributed by atoms with Crippen molar-refractivity contribution in [2.24, 2.45) is 0 Å². The van der Waals surface area contributed by atoms with Gasteiger partial charge in [0, 0.05) is 17.0 Å². The van der Waals surface area contributed by atoms with E-state index in [-0.39, 0.29) is 11.1 Å². The summed E-state index contributed by atoms with van der Waals surface area (Å²) in [4.78, 5) is 34.3. The monoisotopic (exact) mass is 487 g/mol. The Labute approximate surface area is 206 Å². The van der Waals surface area contributed by atoms with E-state index in [0.29, 0.717) is 56.2 Å². The van der Waals surface area contributed by atoms with E-state index in [0.717, 1.165) is 5.39 Å². The third kappa shape index (κ3) is 3.45. The van der Waals surface area contributed by atoms with Crippen LogP contribution in [-0.4, -0.2) is 40.1 Å². The summed E-state index contributed by atoms with van der Waals surface area (Å²) in [6.45, 7) is 0. The maximum Gasteiger partial charge on any atom is 0.273 e. The number of aromatic nitrogens is 8. The Balaban J connectivity index is 1.38. The molecule has 0 saturated carbocycles. The second kappa shape index (κ2) is 7.99. The van der Waals surface area contributed by atoms with Crippen molar-refractivity contribution in [3.8, 4) is 17.1 Å². The molecule has 3 aromatic carbocycles. The van der Waals surface area contributed by atoms with Gasteiger partial charge in [-0.3, -0.25) is 24.9 Å². The molecule has 0 saturated heterocycles. The zero-order valence-corrected chi connectivity index (χ0v) is 19.1. The van der Waals surface area contributed by atoms with Gasteiger partial charge >= 0.3 is 0 Å². The molecule has 0 unspecified atom stereocenters. The van der Waals surface area contributed by atoms with Crippen LogP contribution in [0.1, 0.15) is 0 Å². The average Bonchev–Trinajstić information content (AvgIpc) is 3.50. The minimum atomic E-state index is -0.279. The van der Waals surface area contributed by atoms with Crippen molar-refractivity contribution in [2.75, 3.05) is 5.32 Å². The van der Waals surface area contributed by atoms with Crippen LogP contribution in [0.4, 0.5) is 11.6 Å². The van der Waals surface area contributed by atoms with Gasteiger partial charge in [-0.1, -0.05) is 30.3 Å². The topological polar surface area (TPSA) is 150 Å². The van der Waals surface area contributed by atoms with Crippen LogP contribution in [0.3, 0.4) is 0 Å². The molecule has 37 heavy (non-hydrogen) atoms. The quantitative estimate of drug-likeness (QED) is 0.296. The largest absolute Gasteiger partial charge is 0.321 e. The fourth-order valence-electron chi connectivity index (χ4n) is 4.31. The first-order valence-corrected chi connectivity index (χ1v) is 11.4. The van der Waals surface area contributed by atoms with E-state index >= 15 is 0 Å². The minimum absolute atomic E-state index is 0.213. The van der Waals surface area contributed by atoms with Crippen molar-refractivity contribution in [3.05, 3.63) is 99.6 Å². The Kier molecular flexibility index (Phi) is 4.48. The van der Waals surface area contributed by atoms with E-state index in [1.807, 2.05) is 66.7 Å². The number of rotatable bonds is 4. The summed E-state index contributed by atoms with van der Waals surface area (Å²) in [6.07, 6.45) is 0. The predicted octanol–water partition coefficient (Wildman–Crippen LogP) is 3.63. The fraction of sp³-hybridized carbons (Fsp3) is 0. The van der Waals surface area contributed by atoms with Crippen molar-refractivity contribution in [3.63, 3.8) is 0 Å². The minimum Gasteiger partial charge on any atom is -0.321 e. The van der Waals surface area contributed by atoms with Crippen molar-refractivity contribution in [1.82, 2.24) is 40.1 Å². The molecule has 0 aliphatic carbocycles. The first-order valence-electron chi connectivity index (χ1n) is 11.4. The van der Waals surface area contributed by atoms with Gasteiger partial charge in [0.25, 0.3) is 11.1 Å². The number of H-pyrrole nitrogens is 3. The average molecular weight is 487 g/mol. The molecule has 0 aliphatic heterocycles. The Morgan fingerprint density at radius 2 is 1.59 bits per heavy atom. The van der Waals surface area contributed by atoms with Gasteiger partial charge in [0.05, 0.1) is 27.6 Å². The van der Waals surface area contributed by atoms with E-state index in [1.165, 1.54) is 10.7 Å². The lowest BCUT2D eigenvalue weighted by molar-refractivity contribution is 0.832. The summed E-state index contributed by atoms with van der Waals surface area (Å²) in [7, 11) is 0. The van der Waals surface area contributed by atoms with Gasteiger partial charge < -0.3 is 5.32 Å². The Hall–Kier alpha value is -5.58. The van der Waals surface area contributed by atoms with Gasteiger partial charge in [-0.15, -0.1) is 0 Å². The number of fused-ring (bicyclic) bond motifs is 3. The first-order chi connectivity index (χ1) is 18.1. The van der Waals surface area contributed by atoms with Crippen molar-refractivity contribution in [1.29, 1.82) is 0 Å².